The average molecular weight is 341 g/mol. The summed E-state index contributed by atoms with van der Waals surface area (Å²) in [7, 11) is 1.69. The number of phenols is 1. The van der Waals surface area contributed by atoms with Gasteiger partial charge in [-0.1, -0.05) is 12.1 Å². The van der Waals surface area contributed by atoms with Gasteiger partial charge in [0.25, 0.3) is 5.91 Å². The first-order valence-corrected chi connectivity index (χ1v) is 8.29. The number of ether oxygens (including phenoxy) is 1. The number of likely N-dealkylation sites (tertiary alicyclic amines) is 1. The Morgan fingerprint density at radius 2 is 2.16 bits per heavy atom. The lowest BCUT2D eigenvalue weighted by Crippen LogP contribution is -2.52. The van der Waals surface area contributed by atoms with E-state index in [4.69, 9.17) is 4.74 Å². The number of benzene rings is 1. The Bertz CT molecular complexity index is 869. The first-order chi connectivity index (χ1) is 12.0. The van der Waals surface area contributed by atoms with Crippen molar-refractivity contribution in [1.82, 2.24) is 14.8 Å². The fourth-order valence-electron chi connectivity index (χ4n) is 3.75. The summed E-state index contributed by atoms with van der Waals surface area (Å²) < 4.78 is 5.54. The molecule has 0 radical (unpaired) electrons. The fourth-order valence-corrected chi connectivity index (χ4v) is 3.75. The number of hydrogen-bond donors (Lipinski definition) is 1. The van der Waals surface area contributed by atoms with Crippen LogP contribution in [0.4, 0.5) is 4.79 Å². The highest BCUT2D eigenvalue weighted by molar-refractivity contribution is 6.02. The quantitative estimate of drug-likeness (QED) is 0.858. The predicted octanol–water partition coefficient (Wildman–Crippen LogP) is 2.00. The third-order valence-corrected chi connectivity index (χ3v) is 4.95. The smallest absolute Gasteiger partial charge is 0.410 e. The number of likely N-dealkylation sites (N-methyl/N-ethyl adjacent to an activating group) is 1. The molecule has 1 spiro atoms. The molecular formula is C18H19N3O4. The van der Waals surface area contributed by atoms with Gasteiger partial charge in [0, 0.05) is 25.2 Å². The Hall–Kier alpha value is -2.83. The van der Waals surface area contributed by atoms with Crippen LogP contribution >= 0.6 is 0 Å². The van der Waals surface area contributed by atoms with E-state index in [1.807, 2.05) is 6.07 Å². The number of amides is 2. The van der Waals surface area contributed by atoms with E-state index < -0.39 is 5.60 Å². The Morgan fingerprint density at radius 1 is 1.32 bits per heavy atom. The van der Waals surface area contributed by atoms with E-state index in [2.05, 4.69) is 4.98 Å². The van der Waals surface area contributed by atoms with E-state index in [1.165, 1.54) is 4.90 Å². The molecule has 1 aromatic heterocycles. The van der Waals surface area contributed by atoms with Crippen LogP contribution in [0.1, 0.15) is 23.2 Å². The summed E-state index contributed by atoms with van der Waals surface area (Å²) in [4.78, 5) is 32.0. The summed E-state index contributed by atoms with van der Waals surface area (Å²) in [6.45, 7) is 1.38. The van der Waals surface area contributed by atoms with E-state index in [9.17, 15) is 14.7 Å². The summed E-state index contributed by atoms with van der Waals surface area (Å²) in [6, 6.07) is 7.01. The number of piperidine rings is 1. The molecule has 4 rings (SSSR count). The molecule has 7 nitrogen and oxygen atoms in total. The molecule has 0 aliphatic carbocycles. The van der Waals surface area contributed by atoms with Crippen LogP contribution in [0.3, 0.4) is 0 Å². The van der Waals surface area contributed by atoms with Gasteiger partial charge in [0.2, 0.25) is 0 Å². The number of carbonyl (C=O) groups is 2. The lowest BCUT2D eigenvalue weighted by Gasteiger charge is -2.38. The lowest BCUT2D eigenvalue weighted by atomic mass is 9.92. The monoisotopic (exact) mass is 341 g/mol. The van der Waals surface area contributed by atoms with Gasteiger partial charge in [0.1, 0.15) is 11.1 Å². The minimum absolute atomic E-state index is 0.108. The zero-order valence-corrected chi connectivity index (χ0v) is 13.9. The van der Waals surface area contributed by atoms with E-state index >= 15 is 0 Å². The van der Waals surface area contributed by atoms with Gasteiger partial charge in [-0.05, 0) is 25.0 Å². The number of fused-ring (bicyclic) bond motifs is 1. The van der Waals surface area contributed by atoms with Crippen molar-refractivity contribution >= 4 is 22.9 Å². The summed E-state index contributed by atoms with van der Waals surface area (Å²) in [5.41, 5.74) is -0.0159. The number of aromatic hydroxyl groups is 1. The third kappa shape index (κ3) is 2.56. The van der Waals surface area contributed by atoms with Gasteiger partial charge >= 0.3 is 6.09 Å². The minimum Gasteiger partial charge on any atom is -0.505 e. The van der Waals surface area contributed by atoms with Gasteiger partial charge in [-0.15, -0.1) is 0 Å². The van der Waals surface area contributed by atoms with E-state index in [0.29, 0.717) is 25.2 Å². The minimum atomic E-state index is -0.648. The molecule has 1 N–H and O–H groups in total. The molecule has 3 heterocycles. The molecular weight excluding hydrogens is 322 g/mol. The van der Waals surface area contributed by atoms with Crippen LogP contribution in [0.25, 0.3) is 10.9 Å². The maximum Gasteiger partial charge on any atom is 0.410 e. The number of pyridine rings is 1. The fraction of sp³-hybridized carbons (Fsp3) is 0.389. The Morgan fingerprint density at radius 3 is 2.92 bits per heavy atom. The average Bonchev–Trinajstić information content (AvgIpc) is 2.88. The SMILES string of the molecule is CN1CC2(CCCN(C(=O)c3ccc4cccnc4c3O)C2)OC1=O. The zero-order chi connectivity index (χ0) is 17.6. The van der Waals surface area contributed by atoms with Crippen molar-refractivity contribution in [2.45, 2.75) is 18.4 Å². The molecule has 0 saturated carbocycles. The number of hydrogen-bond acceptors (Lipinski definition) is 5. The molecule has 2 aliphatic rings. The molecule has 2 fully saturated rings. The largest absolute Gasteiger partial charge is 0.505 e. The normalized spacial score (nSPS) is 23.3. The van der Waals surface area contributed by atoms with Crippen LogP contribution in [0.2, 0.25) is 0 Å². The first kappa shape index (κ1) is 15.7. The summed E-state index contributed by atoms with van der Waals surface area (Å²) in [5, 5.41) is 11.3. The molecule has 130 valence electrons. The number of phenolic OH excluding ortho intramolecular Hbond substituents is 1. The second kappa shape index (κ2) is 5.61. The summed E-state index contributed by atoms with van der Waals surface area (Å²) in [5.74, 6) is -0.377. The summed E-state index contributed by atoms with van der Waals surface area (Å²) in [6.07, 6.45) is 2.71. The molecule has 2 aromatic rings. The van der Waals surface area contributed by atoms with Gasteiger partial charge in [-0.2, -0.15) is 0 Å². The van der Waals surface area contributed by atoms with Crippen LogP contribution in [-0.2, 0) is 4.74 Å². The molecule has 0 bridgehead atoms. The van der Waals surface area contributed by atoms with Crippen molar-refractivity contribution in [2.24, 2.45) is 0 Å². The summed E-state index contributed by atoms with van der Waals surface area (Å²) >= 11 is 0. The highest BCUT2D eigenvalue weighted by Gasteiger charge is 2.47. The standard InChI is InChI=1S/C18H19N3O4/c1-20-10-18(25-17(20)24)7-3-9-21(11-18)16(23)13-6-5-12-4-2-8-19-14(12)15(13)22/h2,4-6,8,22H,3,7,9-11H2,1H3. The molecule has 1 atom stereocenters. The van der Waals surface area contributed by atoms with Crippen molar-refractivity contribution in [3.05, 3.63) is 36.0 Å². The molecule has 25 heavy (non-hydrogen) atoms. The maximum atomic E-state index is 13.0. The van der Waals surface area contributed by atoms with Crippen molar-refractivity contribution in [3.63, 3.8) is 0 Å². The first-order valence-electron chi connectivity index (χ1n) is 8.29. The number of carbonyl (C=O) groups excluding carboxylic acids is 2. The van der Waals surface area contributed by atoms with Crippen molar-refractivity contribution in [1.29, 1.82) is 0 Å². The van der Waals surface area contributed by atoms with Crippen molar-refractivity contribution in [2.75, 3.05) is 26.7 Å². The topological polar surface area (TPSA) is 83.0 Å². The highest BCUT2D eigenvalue weighted by atomic mass is 16.6. The lowest BCUT2D eigenvalue weighted by molar-refractivity contribution is -0.00530. The van der Waals surface area contributed by atoms with E-state index in [1.54, 1.807) is 36.3 Å². The van der Waals surface area contributed by atoms with Crippen LogP contribution in [0, 0.1) is 0 Å². The molecule has 2 amide bonds. The van der Waals surface area contributed by atoms with Gasteiger partial charge in [0.15, 0.2) is 5.75 Å². The Balaban J connectivity index is 1.63. The second-order valence-corrected chi connectivity index (χ2v) is 6.77. The van der Waals surface area contributed by atoms with Crippen molar-refractivity contribution < 1.29 is 19.4 Å². The molecule has 1 unspecified atom stereocenters. The molecule has 2 aliphatic heterocycles. The zero-order valence-electron chi connectivity index (χ0n) is 13.9. The van der Waals surface area contributed by atoms with Gasteiger partial charge < -0.3 is 19.6 Å². The van der Waals surface area contributed by atoms with Crippen LogP contribution in [-0.4, -0.2) is 64.2 Å². The predicted molar refractivity (Wildman–Crippen MR) is 90.4 cm³/mol. The number of nitrogens with zero attached hydrogens (tertiary/aromatic N) is 3. The molecule has 7 heteroatoms. The third-order valence-electron chi connectivity index (χ3n) is 4.95. The number of rotatable bonds is 1. The molecule has 2 saturated heterocycles. The van der Waals surface area contributed by atoms with Gasteiger partial charge in [-0.25, -0.2) is 4.79 Å². The Kier molecular flexibility index (Phi) is 3.52. The van der Waals surface area contributed by atoms with Gasteiger partial charge in [-0.3, -0.25) is 9.78 Å². The maximum absolute atomic E-state index is 13.0. The molecule has 1 aromatic carbocycles. The Labute approximate surface area is 144 Å². The second-order valence-electron chi connectivity index (χ2n) is 6.77. The van der Waals surface area contributed by atoms with Gasteiger partial charge in [0.05, 0.1) is 18.7 Å². The van der Waals surface area contributed by atoms with Crippen LogP contribution in [0.15, 0.2) is 30.5 Å². The van der Waals surface area contributed by atoms with E-state index in [0.717, 1.165) is 18.2 Å². The number of aromatic nitrogens is 1. The van der Waals surface area contributed by atoms with Crippen LogP contribution < -0.4 is 0 Å². The van der Waals surface area contributed by atoms with E-state index in [-0.39, 0.29) is 23.3 Å². The highest BCUT2D eigenvalue weighted by Crippen LogP contribution is 2.34. The van der Waals surface area contributed by atoms with Crippen molar-refractivity contribution in [3.8, 4) is 5.75 Å². The van der Waals surface area contributed by atoms with Crippen LogP contribution in [0.5, 0.6) is 5.75 Å².